The van der Waals surface area contributed by atoms with Gasteiger partial charge in [-0.15, -0.1) is 5.10 Å². The van der Waals surface area contributed by atoms with E-state index in [1.807, 2.05) is 48.5 Å². The first-order chi connectivity index (χ1) is 15.7. The lowest BCUT2D eigenvalue weighted by Crippen LogP contribution is -2.15. The van der Waals surface area contributed by atoms with Crippen LogP contribution in [0.2, 0.25) is 0 Å². The van der Waals surface area contributed by atoms with E-state index in [4.69, 9.17) is 14.5 Å². The van der Waals surface area contributed by atoms with E-state index in [9.17, 15) is 5.11 Å². The highest BCUT2D eigenvalue weighted by molar-refractivity contribution is 5.68. The zero-order valence-corrected chi connectivity index (χ0v) is 17.0. The van der Waals surface area contributed by atoms with Gasteiger partial charge in [0.25, 0.3) is 0 Å². The molecule has 0 unspecified atom stereocenters. The molecule has 0 radical (unpaired) electrons. The lowest BCUT2D eigenvalue weighted by molar-refractivity contribution is 0.414. The first-order valence-electron chi connectivity index (χ1n) is 10.0. The van der Waals surface area contributed by atoms with Crippen molar-refractivity contribution in [2.24, 2.45) is 0 Å². The predicted octanol–water partition coefficient (Wildman–Crippen LogP) is 4.19. The Morgan fingerprint density at radius 3 is 2.69 bits per heavy atom. The number of ether oxygens (including phenoxy) is 2. The van der Waals surface area contributed by atoms with Crippen LogP contribution in [0, 0.1) is 0 Å². The third-order valence-electron chi connectivity index (χ3n) is 5.53. The summed E-state index contributed by atoms with van der Waals surface area (Å²) >= 11 is 0. The van der Waals surface area contributed by atoms with Crippen molar-refractivity contribution in [3.05, 3.63) is 89.9 Å². The molecule has 1 atom stereocenters. The highest BCUT2D eigenvalue weighted by atomic mass is 16.5. The number of aromatic hydroxyl groups is 1. The van der Waals surface area contributed by atoms with Gasteiger partial charge >= 0.3 is 0 Å². The van der Waals surface area contributed by atoms with Gasteiger partial charge in [-0.05, 0) is 35.9 Å². The van der Waals surface area contributed by atoms with E-state index in [0.29, 0.717) is 28.8 Å². The van der Waals surface area contributed by atoms with Gasteiger partial charge in [0.2, 0.25) is 11.7 Å². The van der Waals surface area contributed by atoms with Crippen molar-refractivity contribution in [2.75, 3.05) is 7.11 Å². The molecule has 2 aromatic carbocycles. The lowest BCUT2D eigenvalue weighted by Gasteiger charge is -2.28. The van der Waals surface area contributed by atoms with Crippen LogP contribution < -0.4 is 9.47 Å². The first-order valence-corrected chi connectivity index (χ1v) is 10.0. The van der Waals surface area contributed by atoms with Crippen molar-refractivity contribution in [1.29, 1.82) is 0 Å². The average molecular weight is 423 g/mol. The highest BCUT2D eigenvalue weighted by Crippen LogP contribution is 2.48. The van der Waals surface area contributed by atoms with Gasteiger partial charge in [0.05, 0.1) is 12.7 Å². The summed E-state index contributed by atoms with van der Waals surface area (Å²) in [7, 11) is 1.64. The summed E-state index contributed by atoms with van der Waals surface area (Å²) < 4.78 is 13.1. The Kier molecular flexibility index (Phi) is 4.04. The topological polar surface area (TPSA) is 94.7 Å². The third kappa shape index (κ3) is 2.84. The number of rotatable bonds is 3. The molecule has 1 aliphatic heterocycles. The summed E-state index contributed by atoms with van der Waals surface area (Å²) in [6.45, 7) is 0. The normalized spacial score (nSPS) is 14.5. The molecule has 1 aliphatic rings. The van der Waals surface area contributed by atoms with Crippen LogP contribution in [0.25, 0.3) is 17.2 Å². The minimum Gasteiger partial charge on any atom is -0.508 e. The Labute approximate surface area is 182 Å². The van der Waals surface area contributed by atoms with Crippen LogP contribution in [0.1, 0.15) is 22.6 Å². The number of benzene rings is 2. The molecule has 6 rings (SSSR count). The van der Waals surface area contributed by atoms with Gasteiger partial charge in [0.15, 0.2) is 5.65 Å². The second kappa shape index (κ2) is 7.05. The fourth-order valence-electron chi connectivity index (χ4n) is 4.05. The van der Waals surface area contributed by atoms with Crippen molar-refractivity contribution in [2.45, 2.75) is 5.92 Å². The van der Waals surface area contributed by atoms with Gasteiger partial charge in [-0.25, -0.2) is 14.5 Å². The lowest BCUT2D eigenvalue weighted by atomic mass is 9.84. The number of methoxy groups -OCH3 is 1. The summed E-state index contributed by atoms with van der Waals surface area (Å²) in [5, 5.41) is 14.6. The SMILES string of the molecule is COc1ccc([C@H]2c3ccc(O)cc3Oc3ncn4nc(-c5ccccn5)nc4c32)cc1. The number of phenols is 1. The molecule has 0 aliphatic carbocycles. The molecule has 0 fully saturated rings. The molecule has 3 aromatic heterocycles. The number of aromatic nitrogens is 5. The summed E-state index contributed by atoms with van der Waals surface area (Å²) in [5.74, 6) is 2.16. The molecule has 0 bridgehead atoms. The van der Waals surface area contributed by atoms with Gasteiger partial charge < -0.3 is 14.6 Å². The van der Waals surface area contributed by atoms with Gasteiger partial charge in [0, 0.05) is 23.7 Å². The molecule has 1 N–H and O–H groups in total. The quantitative estimate of drug-likeness (QED) is 0.456. The molecule has 8 nitrogen and oxygen atoms in total. The maximum atomic E-state index is 10.0. The minimum atomic E-state index is -0.225. The van der Waals surface area contributed by atoms with E-state index >= 15 is 0 Å². The van der Waals surface area contributed by atoms with Crippen molar-refractivity contribution in [3.63, 3.8) is 0 Å². The van der Waals surface area contributed by atoms with Crippen molar-refractivity contribution in [3.8, 4) is 34.6 Å². The first kappa shape index (κ1) is 18.3. The summed E-state index contributed by atoms with van der Waals surface area (Å²) in [4.78, 5) is 13.7. The van der Waals surface area contributed by atoms with Gasteiger partial charge in [-0.1, -0.05) is 24.3 Å². The fourth-order valence-corrected chi connectivity index (χ4v) is 4.05. The van der Waals surface area contributed by atoms with Crippen molar-refractivity contribution < 1.29 is 14.6 Å². The van der Waals surface area contributed by atoms with Crippen LogP contribution in [0.5, 0.6) is 23.1 Å². The predicted molar refractivity (Wildman–Crippen MR) is 116 cm³/mol. The third-order valence-corrected chi connectivity index (χ3v) is 5.53. The molecule has 0 saturated heterocycles. The molecule has 32 heavy (non-hydrogen) atoms. The molecule has 8 heteroatoms. The standard InChI is InChI=1S/C24H17N5O3/c1-31-16-8-5-14(6-9-16)20-17-10-7-15(30)12-19(17)32-24-21(20)23-27-22(28-29(23)13-26-24)18-4-2-3-11-25-18/h2-13,20,30H,1H3/t20-/m0/s1. The second-order valence-corrected chi connectivity index (χ2v) is 7.41. The van der Waals surface area contributed by atoms with Crippen LogP contribution in [0.4, 0.5) is 0 Å². The summed E-state index contributed by atoms with van der Waals surface area (Å²) in [6.07, 6.45) is 3.28. The molecule has 5 aromatic rings. The second-order valence-electron chi connectivity index (χ2n) is 7.41. The Balaban J connectivity index is 1.60. The van der Waals surface area contributed by atoms with E-state index in [1.54, 1.807) is 36.3 Å². The molecular weight excluding hydrogens is 406 g/mol. The Morgan fingerprint density at radius 1 is 1.03 bits per heavy atom. The average Bonchev–Trinajstić information content (AvgIpc) is 3.28. The van der Waals surface area contributed by atoms with E-state index in [2.05, 4.69) is 15.1 Å². The number of hydrogen-bond donors (Lipinski definition) is 1. The van der Waals surface area contributed by atoms with Crippen molar-refractivity contribution >= 4 is 5.65 Å². The van der Waals surface area contributed by atoms with E-state index in [-0.39, 0.29) is 11.7 Å². The number of pyridine rings is 1. The van der Waals surface area contributed by atoms with E-state index in [1.165, 1.54) is 0 Å². The molecule has 4 heterocycles. The van der Waals surface area contributed by atoms with Crippen LogP contribution in [-0.4, -0.2) is 36.8 Å². The number of phenolic OH excluding ortho intramolecular Hbond substituents is 1. The van der Waals surface area contributed by atoms with Gasteiger partial charge in [-0.3, -0.25) is 4.98 Å². The fraction of sp³-hybridized carbons (Fsp3) is 0.0833. The molecule has 156 valence electrons. The smallest absolute Gasteiger partial charge is 0.228 e. The van der Waals surface area contributed by atoms with Gasteiger partial charge in [-0.2, -0.15) is 0 Å². The van der Waals surface area contributed by atoms with Crippen LogP contribution in [0.3, 0.4) is 0 Å². The van der Waals surface area contributed by atoms with Crippen molar-refractivity contribution in [1.82, 2.24) is 24.6 Å². The van der Waals surface area contributed by atoms with Crippen LogP contribution >= 0.6 is 0 Å². The molecule has 0 saturated carbocycles. The van der Waals surface area contributed by atoms with E-state index < -0.39 is 0 Å². The number of fused-ring (bicyclic) bond motifs is 4. The van der Waals surface area contributed by atoms with Crippen LogP contribution in [0.15, 0.2) is 73.2 Å². The zero-order valence-electron chi connectivity index (χ0n) is 17.0. The monoisotopic (exact) mass is 423 g/mol. The Hall–Kier alpha value is -4.46. The largest absolute Gasteiger partial charge is 0.508 e. The van der Waals surface area contributed by atoms with Gasteiger partial charge in [0.1, 0.15) is 29.3 Å². The maximum Gasteiger partial charge on any atom is 0.228 e. The highest BCUT2D eigenvalue weighted by Gasteiger charge is 2.33. The number of nitrogens with zero attached hydrogens (tertiary/aromatic N) is 5. The Morgan fingerprint density at radius 2 is 1.91 bits per heavy atom. The summed E-state index contributed by atoms with van der Waals surface area (Å²) in [6, 6.07) is 18.6. The van der Waals surface area contributed by atoms with E-state index in [0.717, 1.165) is 22.4 Å². The zero-order chi connectivity index (χ0) is 21.7. The summed E-state index contributed by atoms with van der Waals surface area (Å²) in [5.41, 5.74) is 4.02. The minimum absolute atomic E-state index is 0.127. The molecular formula is C24H17N5O3. The Bertz CT molecular complexity index is 1450. The maximum absolute atomic E-state index is 10.0. The van der Waals surface area contributed by atoms with Crippen LogP contribution in [-0.2, 0) is 0 Å². The molecule has 0 spiro atoms. The number of hydrogen-bond acceptors (Lipinski definition) is 7. The molecule has 0 amide bonds.